The van der Waals surface area contributed by atoms with Crippen molar-refractivity contribution in [3.05, 3.63) is 18.2 Å². The fraction of sp³-hybridized carbons (Fsp3) is 0.600. The normalized spacial score (nSPS) is 27.4. The zero-order chi connectivity index (χ0) is 14.2. The molecule has 3 rings (SSSR count). The van der Waals surface area contributed by atoms with E-state index in [-0.39, 0.29) is 11.5 Å². The minimum absolute atomic E-state index is 0.0897. The van der Waals surface area contributed by atoms with E-state index in [9.17, 15) is 8.78 Å². The molecule has 1 aliphatic carbocycles. The summed E-state index contributed by atoms with van der Waals surface area (Å²) in [6.45, 7) is 3.16. The summed E-state index contributed by atoms with van der Waals surface area (Å²) < 4.78 is 34.7. The molecule has 0 spiro atoms. The van der Waals surface area contributed by atoms with Crippen LogP contribution in [0.4, 0.5) is 14.5 Å². The fourth-order valence-electron chi connectivity index (χ4n) is 3.07. The average Bonchev–Trinajstić information content (AvgIpc) is 2.69. The first kappa shape index (κ1) is 13.5. The van der Waals surface area contributed by atoms with Crippen LogP contribution in [0.2, 0.25) is 0 Å². The molecule has 2 aliphatic rings. The number of fused-ring (bicyclic) bond motifs is 1. The Labute approximate surface area is 117 Å². The number of benzene rings is 1. The van der Waals surface area contributed by atoms with Crippen LogP contribution in [0.1, 0.15) is 32.6 Å². The Morgan fingerprint density at radius 1 is 1.25 bits per heavy atom. The van der Waals surface area contributed by atoms with E-state index in [0.717, 1.165) is 18.2 Å². The Morgan fingerprint density at radius 3 is 2.85 bits per heavy atom. The molecule has 1 N–H and O–H groups in total. The van der Waals surface area contributed by atoms with Gasteiger partial charge in [-0.05, 0) is 36.8 Å². The summed E-state index contributed by atoms with van der Waals surface area (Å²) in [4.78, 5) is 0. The highest BCUT2D eigenvalue weighted by atomic mass is 19.3. The number of alkyl halides is 2. The third-order valence-electron chi connectivity index (χ3n) is 4.04. The van der Waals surface area contributed by atoms with Crippen molar-refractivity contribution < 1.29 is 18.3 Å². The molecule has 2 atom stereocenters. The fourth-order valence-corrected chi connectivity index (χ4v) is 3.07. The molecule has 3 nitrogen and oxygen atoms in total. The van der Waals surface area contributed by atoms with Gasteiger partial charge in [-0.1, -0.05) is 19.8 Å². The molecule has 20 heavy (non-hydrogen) atoms. The van der Waals surface area contributed by atoms with Crippen LogP contribution in [0.15, 0.2) is 18.2 Å². The van der Waals surface area contributed by atoms with Gasteiger partial charge in [0.05, 0.1) is 0 Å². The van der Waals surface area contributed by atoms with Gasteiger partial charge in [0.25, 0.3) is 0 Å². The summed E-state index contributed by atoms with van der Waals surface area (Å²) in [6, 6.07) is 4.83. The predicted octanol–water partition coefficient (Wildman–Crippen LogP) is 4.25. The number of hydrogen-bond acceptors (Lipinski definition) is 3. The molecule has 0 bridgehead atoms. The smallest absolute Gasteiger partial charge is 0.395 e. The van der Waals surface area contributed by atoms with E-state index >= 15 is 0 Å². The zero-order valence-corrected chi connectivity index (χ0v) is 11.5. The quantitative estimate of drug-likeness (QED) is 0.899. The molecule has 1 saturated carbocycles. The van der Waals surface area contributed by atoms with Gasteiger partial charge in [-0.2, -0.15) is 0 Å². The van der Waals surface area contributed by atoms with Crippen molar-refractivity contribution in [2.45, 2.75) is 38.9 Å². The molecule has 0 amide bonds. The van der Waals surface area contributed by atoms with Gasteiger partial charge in [0.1, 0.15) is 0 Å². The Kier molecular flexibility index (Phi) is 3.44. The van der Waals surface area contributed by atoms with Gasteiger partial charge in [-0.25, -0.2) is 0 Å². The number of hydrogen-bond donors (Lipinski definition) is 1. The summed E-state index contributed by atoms with van der Waals surface area (Å²) in [7, 11) is 0. The minimum Gasteiger partial charge on any atom is -0.395 e. The van der Waals surface area contributed by atoms with E-state index < -0.39 is 6.29 Å². The molecule has 0 saturated heterocycles. The summed E-state index contributed by atoms with van der Waals surface area (Å²) in [6.07, 6.45) is 1.52. The Hall–Kier alpha value is -1.52. The first-order valence-electron chi connectivity index (χ1n) is 7.15. The summed E-state index contributed by atoms with van der Waals surface area (Å²) >= 11 is 0. The lowest BCUT2D eigenvalue weighted by molar-refractivity contribution is -0.286. The maximum atomic E-state index is 12.9. The van der Waals surface area contributed by atoms with Crippen LogP contribution in [-0.4, -0.2) is 12.8 Å². The third-order valence-corrected chi connectivity index (χ3v) is 4.04. The molecule has 0 aromatic heterocycles. The van der Waals surface area contributed by atoms with Crippen molar-refractivity contribution >= 4 is 5.69 Å². The van der Waals surface area contributed by atoms with Gasteiger partial charge in [0, 0.05) is 18.3 Å². The second kappa shape index (κ2) is 5.11. The molecule has 5 heteroatoms. The highest BCUT2D eigenvalue weighted by Crippen LogP contribution is 2.42. The molecule has 2 unspecified atom stereocenters. The van der Waals surface area contributed by atoms with Crippen molar-refractivity contribution in [1.29, 1.82) is 0 Å². The van der Waals surface area contributed by atoms with Crippen molar-refractivity contribution in [2.75, 3.05) is 11.9 Å². The first-order valence-corrected chi connectivity index (χ1v) is 7.15. The second-order valence-electron chi connectivity index (χ2n) is 5.85. The highest BCUT2D eigenvalue weighted by Gasteiger charge is 2.43. The van der Waals surface area contributed by atoms with E-state index in [4.69, 9.17) is 0 Å². The molecular formula is C15H19F2NO2. The SMILES string of the molecule is CC1CCCC(CNc2ccc3c(c2)OC(F)(F)O3)C1. The lowest BCUT2D eigenvalue weighted by Gasteiger charge is -2.27. The van der Waals surface area contributed by atoms with Crippen molar-refractivity contribution in [3.63, 3.8) is 0 Å². The Bertz CT molecular complexity index is 493. The molecule has 1 aliphatic heterocycles. The van der Waals surface area contributed by atoms with E-state index in [1.165, 1.54) is 31.7 Å². The lowest BCUT2D eigenvalue weighted by atomic mass is 9.82. The third kappa shape index (κ3) is 2.97. The monoisotopic (exact) mass is 283 g/mol. The second-order valence-corrected chi connectivity index (χ2v) is 5.85. The van der Waals surface area contributed by atoms with Gasteiger partial charge in [0.15, 0.2) is 11.5 Å². The number of ether oxygens (including phenoxy) is 2. The van der Waals surface area contributed by atoms with Crippen LogP contribution in [-0.2, 0) is 0 Å². The van der Waals surface area contributed by atoms with Crippen LogP contribution in [0.5, 0.6) is 11.5 Å². The maximum absolute atomic E-state index is 12.9. The van der Waals surface area contributed by atoms with Gasteiger partial charge >= 0.3 is 6.29 Å². The molecule has 1 aromatic rings. The first-order chi connectivity index (χ1) is 9.52. The molecule has 1 heterocycles. The van der Waals surface area contributed by atoms with Gasteiger partial charge in [-0.3, -0.25) is 0 Å². The van der Waals surface area contributed by atoms with Crippen LogP contribution >= 0.6 is 0 Å². The predicted molar refractivity (Wildman–Crippen MR) is 72.3 cm³/mol. The summed E-state index contributed by atoms with van der Waals surface area (Å²) in [5.41, 5.74) is 0.795. The molecule has 1 fully saturated rings. The summed E-state index contributed by atoms with van der Waals surface area (Å²) in [5, 5.41) is 3.31. The Morgan fingerprint density at radius 2 is 2.05 bits per heavy atom. The van der Waals surface area contributed by atoms with E-state index in [1.807, 2.05) is 0 Å². The lowest BCUT2D eigenvalue weighted by Crippen LogP contribution is -2.25. The van der Waals surface area contributed by atoms with Gasteiger partial charge in [0.2, 0.25) is 0 Å². The maximum Gasteiger partial charge on any atom is 0.586 e. The Balaban J connectivity index is 1.59. The molecule has 1 aromatic carbocycles. The van der Waals surface area contributed by atoms with Crippen LogP contribution in [0.25, 0.3) is 0 Å². The van der Waals surface area contributed by atoms with E-state index in [2.05, 4.69) is 21.7 Å². The van der Waals surface area contributed by atoms with Gasteiger partial charge in [-0.15, -0.1) is 8.78 Å². The van der Waals surface area contributed by atoms with Crippen molar-refractivity contribution in [3.8, 4) is 11.5 Å². The highest BCUT2D eigenvalue weighted by molar-refractivity contribution is 5.55. The van der Waals surface area contributed by atoms with Crippen LogP contribution in [0.3, 0.4) is 0 Å². The van der Waals surface area contributed by atoms with E-state index in [1.54, 1.807) is 12.1 Å². The van der Waals surface area contributed by atoms with Crippen molar-refractivity contribution in [1.82, 2.24) is 0 Å². The largest absolute Gasteiger partial charge is 0.586 e. The van der Waals surface area contributed by atoms with Gasteiger partial charge < -0.3 is 14.8 Å². The van der Waals surface area contributed by atoms with Crippen molar-refractivity contribution in [2.24, 2.45) is 11.8 Å². The summed E-state index contributed by atoms with van der Waals surface area (Å²) in [5.74, 6) is 1.63. The topological polar surface area (TPSA) is 30.5 Å². The molecule has 0 radical (unpaired) electrons. The average molecular weight is 283 g/mol. The van der Waals surface area contributed by atoms with E-state index in [0.29, 0.717) is 5.92 Å². The zero-order valence-electron chi connectivity index (χ0n) is 11.5. The van der Waals surface area contributed by atoms with Crippen LogP contribution < -0.4 is 14.8 Å². The number of rotatable bonds is 3. The standard InChI is InChI=1S/C15H19F2NO2/c1-10-3-2-4-11(7-10)9-18-12-5-6-13-14(8-12)20-15(16,17)19-13/h5-6,8,10-11,18H,2-4,7,9H2,1H3. The minimum atomic E-state index is -3.54. The molecule has 110 valence electrons. The number of nitrogens with one attached hydrogen (secondary N) is 1. The number of halogens is 2. The molecular weight excluding hydrogens is 264 g/mol. The van der Waals surface area contributed by atoms with Crippen LogP contribution in [0, 0.1) is 11.8 Å². The number of anilines is 1.